The highest BCUT2D eigenvalue weighted by Crippen LogP contribution is 2.22. The fourth-order valence-corrected chi connectivity index (χ4v) is 1.08. The van der Waals surface area contributed by atoms with E-state index in [1.165, 1.54) is 12.1 Å². The van der Waals surface area contributed by atoms with E-state index >= 15 is 0 Å². The molecule has 0 saturated carbocycles. The lowest BCUT2D eigenvalue weighted by molar-refractivity contribution is -0.210. The SMILES string of the molecule is C[CH]COc1ccc(OCC(O)C(F)(F)F)cc1. The van der Waals surface area contributed by atoms with Gasteiger partial charge in [-0.05, 0) is 30.7 Å². The summed E-state index contributed by atoms with van der Waals surface area (Å²) < 4.78 is 46.1. The van der Waals surface area contributed by atoms with Gasteiger partial charge in [0.2, 0.25) is 0 Å². The smallest absolute Gasteiger partial charge is 0.417 e. The van der Waals surface area contributed by atoms with Crippen LogP contribution in [0, 0.1) is 6.42 Å². The number of hydrogen-bond acceptors (Lipinski definition) is 3. The minimum absolute atomic E-state index is 0.242. The van der Waals surface area contributed by atoms with E-state index in [-0.39, 0.29) is 5.75 Å². The van der Waals surface area contributed by atoms with E-state index in [1.807, 2.05) is 13.3 Å². The molecule has 0 heterocycles. The van der Waals surface area contributed by atoms with Crippen LogP contribution in [0.4, 0.5) is 13.2 Å². The summed E-state index contributed by atoms with van der Waals surface area (Å²) in [7, 11) is 0. The van der Waals surface area contributed by atoms with E-state index in [4.69, 9.17) is 14.6 Å². The van der Waals surface area contributed by atoms with Gasteiger partial charge in [-0.2, -0.15) is 13.2 Å². The number of hydrogen-bond donors (Lipinski definition) is 1. The van der Waals surface area contributed by atoms with Crippen LogP contribution in [0.3, 0.4) is 0 Å². The average Bonchev–Trinajstić information content (AvgIpc) is 2.33. The second-order valence-electron chi connectivity index (χ2n) is 3.56. The summed E-state index contributed by atoms with van der Waals surface area (Å²) in [5.41, 5.74) is 0. The maximum atomic E-state index is 12.0. The Hall–Kier alpha value is -1.43. The molecule has 18 heavy (non-hydrogen) atoms. The molecule has 0 amide bonds. The molecule has 0 aliphatic heterocycles. The van der Waals surface area contributed by atoms with Crippen molar-refractivity contribution in [3.8, 4) is 11.5 Å². The fraction of sp³-hybridized carbons (Fsp3) is 0.417. The zero-order chi connectivity index (χ0) is 13.6. The van der Waals surface area contributed by atoms with Crippen molar-refractivity contribution in [2.75, 3.05) is 13.2 Å². The number of halogens is 3. The van der Waals surface area contributed by atoms with Crippen LogP contribution in [0.15, 0.2) is 24.3 Å². The first-order valence-corrected chi connectivity index (χ1v) is 5.31. The van der Waals surface area contributed by atoms with Gasteiger partial charge in [0.25, 0.3) is 0 Å². The van der Waals surface area contributed by atoms with Gasteiger partial charge in [-0.1, -0.05) is 6.92 Å². The minimum Gasteiger partial charge on any atom is -0.493 e. The standard InChI is InChI=1S/C12H14F3O3/c1-2-7-17-9-3-5-10(6-4-9)18-8-11(16)12(13,14)15/h2-6,11,16H,7-8H2,1H3. The molecular weight excluding hydrogens is 249 g/mol. The summed E-state index contributed by atoms with van der Waals surface area (Å²) in [6.07, 6.45) is -5.33. The van der Waals surface area contributed by atoms with Crippen molar-refractivity contribution in [2.45, 2.75) is 19.2 Å². The first-order chi connectivity index (χ1) is 8.43. The van der Waals surface area contributed by atoms with Crippen molar-refractivity contribution in [2.24, 2.45) is 0 Å². The predicted molar refractivity (Wildman–Crippen MR) is 59.5 cm³/mol. The number of aliphatic hydroxyl groups excluding tert-OH is 1. The average molecular weight is 263 g/mol. The number of alkyl halides is 3. The minimum atomic E-state index is -4.67. The maximum absolute atomic E-state index is 12.0. The topological polar surface area (TPSA) is 38.7 Å². The van der Waals surface area contributed by atoms with Crippen molar-refractivity contribution < 1.29 is 27.8 Å². The zero-order valence-corrected chi connectivity index (χ0v) is 9.78. The van der Waals surface area contributed by atoms with Crippen LogP contribution < -0.4 is 9.47 Å². The second-order valence-corrected chi connectivity index (χ2v) is 3.56. The van der Waals surface area contributed by atoms with Crippen LogP contribution in [-0.4, -0.2) is 30.6 Å². The molecule has 0 aromatic heterocycles. The Morgan fingerprint density at radius 1 is 1.17 bits per heavy atom. The van der Waals surface area contributed by atoms with Crippen molar-refractivity contribution >= 4 is 0 Å². The van der Waals surface area contributed by atoms with Crippen molar-refractivity contribution in [1.29, 1.82) is 0 Å². The normalized spacial score (nSPS) is 13.2. The van der Waals surface area contributed by atoms with E-state index in [1.54, 1.807) is 12.1 Å². The highest BCUT2D eigenvalue weighted by Gasteiger charge is 2.38. The van der Waals surface area contributed by atoms with Gasteiger partial charge in [0, 0.05) is 0 Å². The van der Waals surface area contributed by atoms with Crippen LogP contribution in [-0.2, 0) is 0 Å². The third-order valence-corrected chi connectivity index (χ3v) is 2.03. The van der Waals surface area contributed by atoms with Crippen LogP contribution >= 0.6 is 0 Å². The van der Waals surface area contributed by atoms with E-state index in [0.717, 1.165) is 0 Å². The van der Waals surface area contributed by atoms with Crippen molar-refractivity contribution in [1.82, 2.24) is 0 Å². The van der Waals surface area contributed by atoms with Crippen LogP contribution in [0.2, 0.25) is 0 Å². The lowest BCUT2D eigenvalue weighted by atomic mass is 10.3. The third kappa shape index (κ3) is 4.83. The molecule has 1 aromatic carbocycles. The van der Waals surface area contributed by atoms with Crippen LogP contribution in [0.25, 0.3) is 0 Å². The molecule has 1 unspecified atom stereocenters. The Balaban J connectivity index is 2.44. The lowest BCUT2D eigenvalue weighted by Gasteiger charge is -2.15. The predicted octanol–water partition coefficient (Wildman–Crippen LogP) is 2.59. The Bertz CT molecular complexity index is 349. The largest absolute Gasteiger partial charge is 0.493 e. The second kappa shape index (κ2) is 6.49. The van der Waals surface area contributed by atoms with Crippen LogP contribution in [0.5, 0.6) is 11.5 Å². The number of aliphatic hydroxyl groups is 1. The zero-order valence-electron chi connectivity index (χ0n) is 9.78. The van der Waals surface area contributed by atoms with E-state index in [0.29, 0.717) is 12.4 Å². The van der Waals surface area contributed by atoms with E-state index in [2.05, 4.69) is 0 Å². The molecule has 101 valence electrons. The van der Waals surface area contributed by atoms with Gasteiger partial charge in [-0.15, -0.1) is 0 Å². The van der Waals surface area contributed by atoms with Gasteiger partial charge in [0.15, 0.2) is 6.10 Å². The summed E-state index contributed by atoms with van der Waals surface area (Å²) in [4.78, 5) is 0. The number of ether oxygens (including phenoxy) is 2. The molecule has 1 atom stereocenters. The fourth-order valence-electron chi connectivity index (χ4n) is 1.08. The first kappa shape index (κ1) is 14.6. The van der Waals surface area contributed by atoms with Gasteiger partial charge in [0.05, 0.1) is 6.61 Å². The molecule has 0 spiro atoms. The molecule has 3 nitrogen and oxygen atoms in total. The molecular formula is C12H14F3O3. The first-order valence-electron chi connectivity index (χ1n) is 5.31. The van der Waals surface area contributed by atoms with Gasteiger partial charge in [-0.25, -0.2) is 0 Å². The summed E-state index contributed by atoms with van der Waals surface area (Å²) >= 11 is 0. The number of benzene rings is 1. The number of rotatable bonds is 6. The molecule has 0 bridgehead atoms. The Labute approximate surface area is 103 Å². The van der Waals surface area contributed by atoms with Gasteiger partial charge >= 0.3 is 6.18 Å². The molecule has 0 aliphatic carbocycles. The monoisotopic (exact) mass is 263 g/mol. The molecule has 0 aliphatic rings. The van der Waals surface area contributed by atoms with E-state index in [9.17, 15) is 13.2 Å². The highest BCUT2D eigenvalue weighted by atomic mass is 19.4. The molecule has 1 radical (unpaired) electrons. The highest BCUT2D eigenvalue weighted by molar-refractivity contribution is 5.31. The van der Waals surface area contributed by atoms with E-state index < -0.39 is 18.9 Å². The molecule has 0 saturated heterocycles. The Kier molecular flexibility index (Phi) is 5.27. The van der Waals surface area contributed by atoms with Crippen LogP contribution in [0.1, 0.15) is 6.92 Å². The molecule has 1 N–H and O–H groups in total. The van der Waals surface area contributed by atoms with Gasteiger partial charge in [0.1, 0.15) is 18.1 Å². The molecule has 6 heteroatoms. The third-order valence-electron chi connectivity index (χ3n) is 2.03. The summed E-state index contributed by atoms with van der Waals surface area (Å²) in [5, 5.41) is 8.74. The Morgan fingerprint density at radius 3 is 2.11 bits per heavy atom. The molecule has 0 fully saturated rings. The van der Waals surface area contributed by atoms with Crippen molar-refractivity contribution in [3.05, 3.63) is 30.7 Å². The maximum Gasteiger partial charge on any atom is 0.417 e. The summed E-state index contributed by atoms with van der Waals surface area (Å²) in [6, 6.07) is 6.12. The van der Waals surface area contributed by atoms with Crippen molar-refractivity contribution in [3.63, 3.8) is 0 Å². The molecule has 1 aromatic rings. The quantitative estimate of drug-likeness (QED) is 0.857. The van der Waals surface area contributed by atoms with Gasteiger partial charge in [-0.3, -0.25) is 0 Å². The molecule has 1 rings (SSSR count). The summed E-state index contributed by atoms with van der Waals surface area (Å²) in [5.74, 6) is 0.836. The summed E-state index contributed by atoms with van der Waals surface area (Å²) in [6.45, 7) is 1.47. The lowest BCUT2D eigenvalue weighted by Crippen LogP contribution is -2.34. The van der Waals surface area contributed by atoms with Gasteiger partial charge < -0.3 is 14.6 Å². The Morgan fingerprint density at radius 2 is 1.67 bits per heavy atom.